The second-order valence-electron chi connectivity index (χ2n) is 6.82. The average molecular weight is 388 g/mol. The van der Waals surface area contributed by atoms with Gasteiger partial charge < -0.3 is 10.2 Å². The molecule has 1 fully saturated rings. The molecule has 0 unspecified atom stereocenters. The zero-order valence-corrected chi connectivity index (χ0v) is 16.5. The molecule has 1 aliphatic rings. The summed E-state index contributed by atoms with van der Waals surface area (Å²) < 4.78 is 26.1. The molecule has 1 aliphatic heterocycles. The van der Waals surface area contributed by atoms with Gasteiger partial charge in [0.1, 0.15) is 0 Å². The Morgan fingerprint density at radius 3 is 2.41 bits per heavy atom. The molecule has 0 bridgehead atoms. The quantitative estimate of drug-likeness (QED) is 0.827. The van der Waals surface area contributed by atoms with E-state index in [4.69, 9.17) is 0 Å². The number of likely N-dealkylation sites (N-methyl/N-ethyl adjacent to an activating group) is 1. The van der Waals surface area contributed by atoms with Crippen LogP contribution in [0, 0.1) is 6.92 Å². The molecule has 1 heterocycles. The zero-order chi connectivity index (χ0) is 19.4. The Kier molecular flexibility index (Phi) is 5.82. The summed E-state index contributed by atoms with van der Waals surface area (Å²) >= 11 is 0. The van der Waals surface area contributed by atoms with Crippen LogP contribution in [0.15, 0.2) is 53.4 Å². The first kappa shape index (κ1) is 19.4. The molecule has 1 amide bonds. The molecule has 3 rings (SSSR count). The Balaban J connectivity index is 1.64. The summed E-state index contributed by atoms with van der Waals surface area (Å²) in [6, 6.07) is 13.9. The lowest BCUT2D eigenvalue weighted by molar-refractivity contribution is -0.116. The Bertz CT molecular complexity index is 907. The van der Waals surface area contributed by atoms with E-state index < -0.39 is 10.0 Å². The van der Waals surface area contributed by atoms with E-state index in [1.54, 1.807) is 18.2 Å². The van der Waals surface area contributed by atoms with Crippen LogP contribution in [0.4, 0.5) is 11.4 Å². The number of carbonyl (C=O) groups is 1. The zero-order valence-electron chi connectivity index (χ0n) is 15.7. The van der Waals surface area contributed by atoms with Crippen molar-refractivity contribution in [3.63, 3.8) is 0 Å². The predicted octanol–water partition coefficient (Wildman–Crippen LogP) is 2.85. The van der Waals surface area contributed by atoms with Crippen molar-refractivity contribution >= 4 is 27.3 Å². The molecule has 144 valence electrons. The number of rotatable bonds is 6. The van der Waals surface area contributed by atoms with Crippen molar-refractivity contribution in [3.8, 4) is 0 Å². The third-order valence-electron chi connectivity index (χ3n) is 4.74. The minimum absolute atomic E-state index is 0.172. The molecule has 1 saturated heterocycles. The average Bonchev–Trinajstić information content (AvgIpc) is 3.16. The fourth-order valence-electron chi connectivity index (χ4n) is 3.31. The van der Waals surface area contributed by atoms with Gasteiger partial charge in [-0.2, -0.15) is 4.31 Å². The van der Waals surface area contributed by atoms with E-state index in [2.05, 4.69) is 10.2 Å². The normalized spacial score (nSPS) is 14.6. The maximum absolute atomic E-state index is 12.5. The molecule has 1 N–H and O–H groups in total. The number of carbonyl (C=O) groups excluding carboxylic acids is 1. The topological polar surface area (TPSA) is 69.7 Å². The summed E-state index contributed by atoms with van der Waals surface area (Å²) in [5.74, 6) is -0.370. The Labute approximate surface area is 160 Å². The van der Waals surface area contributed by atoms with Gasteiger partial charge in [-0.15, -0.1) is 0 Å². The number of nitrogens with zero attached hydrogens (tertiary/aromatic N) is 2. The number of aryl methyl sites for hydroxylation is 1. The maximum Gasteiger partial charge on any atom is 0.243 e. The molecule has 6 nitrogen and oxygen atoms in total. The molecule has 0 aliphatic carbocycles. The summed E-state index contributed by atoms with van der Waals surface area (Å²) in [6.45, 7) is 3.91. The largest absolute Gasteiger partial charge is 0.371 e. The van der Waals surface area contributed by atoms with Crippen LogP contribution in [0.2, 0.25) is 0 Å². The van der Waals surface area contributed by atoms with Gasteiger partial charge in [0.15, 0.2) is 0 Å². The van der Waals surface area contributed by atoms with E-state index >= 15 is 0 Å². The maximum atomic E-state index is 12.5. The number of hydrogen-bond acceptors (Lipinski definition) is 4. The summed E-state index contributed by atoms with van der Waals surface area (Å²) in [4.78, 5) is 14.8. The molecule has 0 saturated carbocycles. The lowest BCUT2D eigenvalue weighted by Gasteiger charge is -2.21. The van der Waals surface area contributed by atoms with Gasteiger partial charge in [-0.05, 0) is 55.7 Å². The van der Waals surface area contributed by atoms with Crippen LogP contribution in [-0.2, 0) is 14.8 Å². The van der Waals surface area contributed by atoms with E-state index in [0.29, 0.717) is 5.69 Å². The van der Waals surface area contributed by atoms with Crippen molar-refractivity contribution < 1.29 is 13.2 Å². The lowest BCUT2D eigenvalue weighted by atomic mass is 10.1. The van der Waals surface area contributed by atoms with Crippen LogP contribution in [-0.4, -0.2) is 45.3 Å². The van der Waals surface area contributed by atoms with Gasteiger partial charge in [0.25, 0.3) is 0 Å². The van der Waals surface area contributed by atoms with E-state index in [1.165, 1.54) is 37.7 Å². The second kappa shape index (κ2) is 8.10. The second-order valence-corrected chi connectivity index (χ2v) is 8.86. The molecule has 2 aromatic rings. The molecular weight excluding hydrogens is 362 g/mol. The van der Waals surface area contributed by atoms with Crippen molar-refractivity contribution in [2.45, 2.75) is 24.7 Å². The van der Waals surface area contributed by atoms with E-state index in [9.17, 15) is 13.2 Å². The van der Waals surface area contributed by atoms with Crippen LogP contribution >= 0.6 is 0 Å². The van der Waals surface area contributed by atoms with E-state index in [-0.39, 0.29) is 17.3 Å². The fourth-order valence-corrected chi connectivity index (χ4v) is 4.45. The first-order chi connectivity index (χ1) is 12.9. The monoisotopic (exact) mass is 387 g/mol. The van der Waals surface area contributed by atoms with Crippen LogP contribution < -0.4 is 10.2 Å². The summed E-state index contributed by atoms with van der Waals surface area (Å²) in [7, 11) is -2.28. The third-order valence-corrected chi connectivity index (χ3v) is 6.56. The van der Waals surface area contributed by atoms with Crippen LogP contribution in [0.1, 0.15) is 18.4 Å². The highest BCUT2D eigenvalue weighted by Gasteiger charge is 2.23. The number of benzene rings is 2. The first-order valence-electron chi connectivity index (χ1n) is 9.05. The standard InChI is InChI=1S/C20H25N3O3S/c1-16-14-17(10-11-19(16)23-12-6-7-13-23)21-20(24)15-22(2)27(25,26)18-8-4-3-5-9-18/h3-5,8-11,14H,6-7,12-13,15H2,1-2H3,(H,21,24). The number of sulfonamides is 1. The highest BCUT2D eigenvalue weighted by Crippen LogP contribution is 2.26. The lowest BCUT2D eigenvalue weighted by Crippen LogP contribution is -2.35. The van der Waals surface area contributed by atoms with E-state index in [0.717, 1.165) is 23.0 Å². The highest BCUT2D eigenvalue weighted by molar-refractivity contribution is 7.89. The van der Waals surface area contributed by atoms with Crippen molar-refractivity contribution in [3.05, 3.63) is 54.1 Å². The van der Waals surface area contributed by atoms with Gasteiger partial charge in [-0.25, -0.2) is 8.42 Å². The summed E-state index contributed by atoms with van der Waals surface area (Å²) in [5.41, 5.74) is 2.96. The van der Waals surface area contributed by atoms with Gasteiger partial charge in [-0.3, -0.25) is 4.79 Å². The number of amides is 1. The minimum atomic E-state index is -3.69. The van der Waals surface area contributed by atoms with Gasteiger partial charge >= 0.3 is 0 Å². The highest BCUT2D eigenvalue weighted by atomic mass is 32.2. The van der Waals surface area contributed by atoms with Gasteiger partial charge in [0, 0.05) is 31.5 Å². The third kappa shape index (κ3) is 4.48. The number of nitrogens with one attached hydrogen (secondary N) is 1. The van der Waals surface area contributed by atoms with E-state index in [1.807, 2.05) is 25.1 Å². The van der Waals surface area contributed by atoms with Gasteiger partial charge in [0.05, 0.1) is 11.4 Å². The van der Waals surface area contributed by atoms with Crippen LogP contribution in [0.5, 0.6) is 0 Å². The van der Waals surface area contributed by atoms with Gasteiger partial charge in [0.2, 0.25) is 15.9 Å². The molecule has 0 spiro atoms. The first-order valence-corrected chi connectivity index (χ1v) is 10.5. The Hall–Kier alpha value is -2.38. The van der Waals surface area contributed by atoms with Crippen molar-refractivity contribution in [1.82, 2.24) is 4.31 Å². The summed E-state index contributed by atoms with van der Waals surface area (Å²) in [5, 5.41) is 2.79. The fraction of sp³-hybridized carbons (Fsp3) is 0.350. The minimum Gasteiger partial charge on any atom is -0.371 e. The number of hydrogen-bond donors (Lipinski definition) is 1. The predicted molar refractivity (Wildman–Crippen MR) is 108 cm³/mol. The number of anilines is 2. The molecule has 0 radical (unpaired) electrons. The summed E-state index contributed by atoms with van der Waals surface area (Å²) in [6.07, 6.45) is 2.42. The molecular formula is C20H25N3O3S. The molecule has 0 aromatic heterocycles. The molecule has 0 atom stereocenters. The SMILES string of the molecule is Cc1cc(NC(=O)CN(C)S(=O)(=O)c2ccccc2)ccc1N1CCCC1. The Morgan fingerprint density at radius 2 is 1.78 bits per heavy atom. The van der Waals surface area contributed by atoms with Crippen molar-refractivity contribution in [1.29, 1.82) is 0 Å². The Morgan fingerprint density at radius 1 is 1.11 bits per heavy atom. The molecule has 7 heteroatoms. The smallest absolute Gasteiger partial charge is 0.243 e. The molecule has 2 aromatic carbocycles. The van der Waals surface area contributed by atoms with Crippen LogP contribution in [0.3, 0.4) is 0 Å². The van der Waals surface area contributed by atoms with Gasteiger partial charge in [-0.1, -0.05) is 18.2 Å². The molecule has 27 heavy (non-hydrogen) atoms. The van der Waals surface area contributed by atoms with Crippen molar-refractivity contribution in [2.75, 3.05) is 36.9 Å². The van der Waals surface area contributed by atoms with Crippen LogP contribution in [0.25, 0.3) is 0 Å². The van der Waals surface area contributed by atoms with Crippen molar-refractivity contribution in [2.24, 2.45) is 0 Å².